The zero-order valence-corrected chi connectivity index (χ0v) is 33.4. The third-order valence-corrected chi connectivity index (χ3v) is 12.5. The number of nitrogens with zero attached hydrogens (tertiary/aromatic N) is 1. The molecule has 0 atom stereocenters. The van der Waals surface area contributed by atoms with E-state index in [1.807, 2.05) is 30.3 Å². The van der Waals surface area contributed by atoms with Crippen LogP contribution in [0.2, 0.25) is 0 Å². The number of fused-ring (bicyclic) bond motifs is 12. The quantitative estimate of drug-likeness (QED) is 0.157. The molecule has 0 bridgehead atoms. The van der Waals surface area contributed by atoms with Crippen LogP contribution in [0, 0.1) is 0 Å². The molecule has 0 fully saturated rings. The molecule has 3 heterocycles. The Hall–Kier alpha value is -8.34. The standard InChI is InChI=1S/C58H35NO3/c1-3-15-37(16-4-1)53-54-44-34-31-39(35-48(44)41-19-7-8-22-45(41)58(54)62-55(53)38-17-5-2-6-18-38)36-29-32-40(33-30-36)59(49-25-13-23-46-42-20-9-11-27-51(42)60-56(46)49)50-26-14-24-47-43-21-10-12-28-52(43)61-57(47)50/h1-35H. The lowest BCUT2D eigenvalue weighted by atomic mass is 9.91. The summed E-state index contributed by atoms with van der Waals surface area (Å²) in [6.07, 6.45) is 0. The molecule has 62 heavy (non-hydrogen) atoms. The summed E-state index contributed by atoms with van der Waals surface area (Å²) in [6, 6.07) is 74.7. The average molecular weight is 794 g/mol. The van der Waals surface area contributed by atoms with E-state index in [1.54, 1.807) is 0 Å². The lowest BCUT2D eigenvalue weighted by molar-refractivity contribution is 0.636. The van der Waals surface area contributed by atoms with Crippen LogP contribution in [-0.4, -0.2) is 0 Å². The van der Waals surface area contributed by atoms with Gasteiger partial charge in [0.1, 0.15) is 22.5 Å². The monoisotopic (exact) mass is 793 g/mol. The van der Waals surface area contributed by atoms with Gasteiger partial charge in [-0.25, -0.2) is 0 Å². The van der Waals surface area contributed by atoms with Crippen molar-refractivity contribution < 1.29 is 13.3 Å². The molecule has 0 N–H and O–H groups in total. The van der Waals surface area contributed by atoms with E-state index in [0.29, 0.717) is 0 Å². The van der Waals surface area contributed by atoms with Gasteiger partial charge in [-0.2, -0.15) is 0 Å². The molecule has 0 saturated heterocycles. The highest BCUT2D eigenvalue weighted by Gasteiger charge is 2.25. The second kappa shape index (κ2) is 13.6. The molecule has 0 aliphatic heterocycles. The van der Waals surface area contributed by atoms with Gasteiger partial charge in [-0.1, -0.05) is 170 Å². The van der Waals surface area contributed by atoms with Crippen LogP contribution in [0.3, 0.4) is 0 Å². The molecule has 0 unspecified atom stereocenters. The fourth-order valence-electron chi connectivity index (χ4n) is 9.66. The van der Waals surface area contributed by atoms with Crippen molar-refractivity contribution in [3.05, 3.63) is 212 Å². The van der Waals surface area contributed by atoms with Crippen LogP contribution in [0.4, 0.5) is 17.1 Å². The minimum Gasteiger partial charge on any atom is -0.455 e. The van der Waals surface area contributed by atoms with Gasteiger partial charge in [-0.3, -0.25) is 0 Å². The Kier molecular flexibility index (Phi) is 7.57. The Bertz CT molecular complexity index is 3740. The smallest absolute Gasteiger partial charge is 0.159 e. The van der Waals surface area contributed by atoms with Gasteiger partial charge < -0.3 is 18.2 Å². The highest BCUT2D eigenvalue weighted by molar-refractivity contribution is 6.29. The van der Waals surface area contributed by atoms with E-state index >= 15 is 0 Å². The molecule has 0 aliphatic carbocycles. The van der Waals surface area contributed by atoms with Gasteiger partial charge in [0.05, 0.1) is 11.4 Å². The fraction of sp³-hybridized carbons (Fsp3) is 0. The van der Waals surface area contributed by atoms with E-state index in [0.717, 1.165) is 122 Å². The first-order valence-corrected chi connectivity index (χ1v) is 21.0. The highest BCUT2D eigenvalue weighted by Crippen LogP contribution is 2.49. The van der Waals surface area contributed by atoms with Crippen LogP contribution < -0.4 is 4.90 Å². The van der Waals surface area contributed by atoms with Crippen molar-refractivity contribution in [3.63, 3.8) is 0 Å². The second-order valence-electron chi connectivity index (χ2n) is 15.9. The normalized spacial score (nSPS) is 11.9. The highest BCUT2D eigenvalue weighted by atomic mass is 16.3. The van der Waals surface area contributed by atoms with Crippen molar-refractivity contribution in [1.82, 2.24) is 0 Å². The second-order valence-corrected chi connectivity index (χ2v) is 15.9. The molecule has 0 saturated carbocycles. The van der Waals surface area contributed by atoms with Crippen molar-refractivity contribution >= 4 is 93.5 Å². The molecule has 0 spiro atoms. The summed E-state index contributed by atoms with van der Waals surface area (Å²) in [5.74, 6) is 0.880. The summed E-state index contributed by atoms with van der Waals surface area (Å²) >= 11 is 0. The van der Waals surface area contributed by atoms with Crippen LogP contribution in [0.1, 0.15) is 0 Å². The van der Waals surface area contributed by atoms with Gasteiger partial charge >= 0.3 is 0 Å². The third-order valence-electron chi connectivity index (χ3n) is 12.5. The van der Waals surface area contributed by atoms with E-state index in [9.17, 15) is 0 Å². The van der Waals surface area contributed by atoms with Crippen molar-refractivity contribution in [1.29, 1.82) is 0 Å². The van der Waals surface area contributed by atoms with Crippen LogP contribution in [0.5, 0.6) is 0 Å². The predicted octanol–water partition coefficient (Wildman–Crippen LogP) is 17.0. The molecule has 10 aromatic carbocycles. The Morgan fingerprint density at radius 1 is 0.290 bits per heavy atom. The topological polar surface area (TPSA) is 42.7 Å². The zero-order chi connectivity index (χ0) is 40.7. The van der Waals surface area contributed by atoms with E-state index in [2.05, 4.69) is 187 Å². The summed E-state index contributed by atoms with van der Waals surface area (Å²) in [4.78, 5) is 2.28. The molecule has 13 aromatic rings. The van der Waals surface area contributed by atoms with Crippen molar-refractivity contribution in [2.75, 3.05) is 4.90 Å². The number of hydrogen-bond donors (Lipinski definition) is 0. The summed E-state index contributed by atoms with van der Waals surface area (Å²) in [7, 11) is 0. The first-order chi connectivity index (χ1) is 30.8. The minimum atomic E-state index is 0.822. The van der Waals surface area contributed by atoms with Gasteiger partial charge in [0.15, 0.2) is 11.2 Å². The number of furan rings is 3. The summed E-state index contributed by atoms with van der Waals surface area (Å²) in [6.45, 7) is 0. The summed E-state index contributed by atoms with van der Waals surface area (Å²) < 4.78 is 20.3. The summed E-state index contributed by atoms with van der Waals surface area (Å²) in [5, 5.41) is 10.0. The SMILES string of the molecule is c1ccc(-c2oc3c4ccccc4c4cc(-c5ccc(N(c6cccc7c6oc6ccccc67)c6cccc7c6oc6ccccc67)cc5)ccc4c3c2-c2ccccc2)cc1. The van der Waals surface area contributed by atoms with Crippen molar-refractivity contribution in [2.45, 2.75) is 0 Å². The maximum atomic E-state index is 6.95. The molecule has 290 valence electrons. The number of para-hydroxylation sites is 4. The first-order valence-electron chi connectivity index (χ1n) is 21.0. The molecular weight excluding hydrogens is 759 g/mol. The zero-order valence-electron chi connectivity index (χ0n) is 33.4. The molecule has 4 nitrogen and oxygen atoms in total. The summed E-state index contributed by atoms with van der Waals surface area (Å²) in [5.41, 5.74) is 12.7. The van der Waals surface area contributed by atoms with Gasteiger partial charge in [-0.05, 0) is 75.3 Å². The van der Waals surface area contributed by atoms with E-state index < -0.39 is 0 Å². The van der Waals surface area contributed by atoms with Crippen molar-refractivity contribution in [3.8, 4) is 33.6 Å². The molecule has 13 rings (SSSR count). The molecule has 0 amide bonds. The first kappa shape index (κ1) is 34.5. The number of hydrogen-bond acceptors (Lipinski definition) is 4. The van der Waals surface area contributed by atoms with Crippen molar-refractivity contribution in [2.24, 2.45) is 0 Å². The predicted molar refractivity (Wildman–Crippen MR) is 257 cm³/mol. The molecular formula is C58H35NO3. The number of rotatable bonds is 6. The molecule has 0 radical (unpaired) electrons. The number of benzene rings is 10. The van der Waals surface area contributed by atoms with Crippen LogP contribution >= 0.6 is 0 Å². The average Bonchev–Trinajstić information content (AvgIpc) is 4.05. The van der Waals surface area contributed by atoms with E-state index in [4.69, 9.17) is 13.3 Å². The van der Waals surface area contributed by atoms with Gasteiger partial charge in [0, 0.05) is 49.1 Å². The lowest BCUT2D eigenvalue weighted by Gasteiger charge is -2.25. The Balaban J connectivity index is 1.00. The van der Waals surface area contributed by atoms with Gasteiger partial charge in [0.2, 0.25) is 0 Å². The Labute approximate surface area is 356 Å². The van der Waals surface area contributed by atoms with Crippen LogP contribution in [0.15, 0.2) is 226 Å². The maximum absolute atomic E-state index is 6.95. The van der Waals surface area contributed by atoms with E-state index in [-0.39, 0.29) is 0 Å². The van der Waals surface area contributed by atoms with E-state index in [1.165, 1.54) is 5.39 Å². The van der Waals surface area contributed by atoms with Gasteiger partial charge in [-0.15, -0.1) is 0 Å². The third kappa shape index (κ3) is 5.20. The van der Waals surface area contributed by atoms with Gasteiger partial charge in [0.25, 0.3) is 0 Å². The Morgan fingerprint density at radius 3 is 1.42 bits per heavy atom. The fourth-order valence-corrected chi connectivity index (χ4v) is 9.66. The van der Waals surface area contributed by atoms with Crippen LogP contribution in [0.25, 0.3) is 110 Å². The molecule has 3 aromatic heterocycles. The maximum Gasteiger partial charge on any atom is 0.159 e. The lowest BCUT2D eigenvalue weighted by Crippen LogP contribution is -2.10. The largest absolute Gasteiger partial charge is 0.455 e. The minimum absolute atomic E-state index is 0.822. The molecule has 4 heteroatoms. The van der Waals surface area contributed by atoms with Crippen LogP contribution in [-0.2, 0) is 0 Å². The molecule has 0 aliphatic rings. The Morgan fingerprint density at radius 2 is 0.790 bits per heavy atom. The number of anilines is 3.